The first-order chi connectivity index (χ1) is 9.15. The van der Waals surface area contributed by atoms with Gasteiger partial charge in [-0.3, -0.25) is 9.69 Å². The molecule has 2 aliphatic carbocycles. The summed E-state index contributed by atoms with van der Waals surface area (Å²) in [7, 11) is 0. The number of ketones is 1. The second kappa shape index (κ2) is 5.26. The Morgan fingerprint density at radius 3 is 2.42 bits per heavy atom. The van der Waals surface area contributed by atoms with Crippen molar-refractivity contribution >= 4 is 17.4 Å². The van der Waals surface area contributed by atoms with E-state index in [0.29, 0.717) is 11.1 Å². The highest BCUT2D eigenvalue weighted by molar-refractivity contribution is 6.30. The minimum atomic E-state index is -0.00530. The molecule has 1 aromatic rings. The zero-order valence-electron chi connectivity index (χ0n) is 11.3. The Bertz CT molecular complexity index is 462. The molecular formula is C16H20ClNO. The Morgan fingerprint density at radius 1 is 1.26 bits per heavy atom. The Labute approximate surface area is 119 Å². The molecule has 0 bridgehead atoms. The molecule has 3 rings (SSSR count). The van der Waals surface area contributed by atoms with E-state index < -0.39 is 0 Å². The van der Waals surface area contributed by atoms with Gasteiger partial charge in [-0.2, -0.15) is 0 Å². The summed E-state index contributed by atoms with van der Waals surface area (Å²) in [5.74, 6) is 1.06. The summed E-state index contributed by atoms with van der Waals surface area (Å²) in [5.41, 5.74) is 0.776. The standard InChI is InChI=1S/C16H20ClNO/c1-11(16(19)13-4-6-14(17)7-5-13)18(15-8-9-15)10-12-2-3-12/h4-7,11-12,15H,2-3,8-10H2,1H3. The topological polar surface area (TPSA) is 20.3 Å². The van der Waals surface area contributed by atoms with Crippen LogP contribution in [0.5, 0.6) is 0 Å². The van der Waals surface area contributed by atoms with Crippen LogP contribution in [0.3, 0.4) is 0 Å². The molecule has 2 aliphatic rings. The predicted octanol–water partition coefficient (Wildman–Crippen LogP) is 3.79. The second-order valence-corrected chi connectivity index (χ2v) is 6.35. The third-order valence-electron chi connectivity index (χ3n) is 4.19. The second-order valence-electron chi connectivity index (χ2n) is 5.92. The quantitative estimate of drug-likeness (QED) is 0.738. The van der Waals surface area contributed by atoms with Crippen LogP contribution in [0.4, 0.5) is 0 Å². The minimum absolute atomic E-state index is 0.00530. The lowest BCUT2D eigenvalue weighted by molar-refractivity contribution is 0.0819. The van der Waals surface area contributed by atoms with Crippen molar-refractivity contribution in [2.24, 2.45) is 5.92 Å². The van der Waals surface area contributed by atoms with E-state index >= 15 is 0 Å². The molecule has 0 spiro atoms. The Kier molecular flexibility index (Phi) is 3.64. The van der Waals surface area contributed by atoms with Crippen LogP contribution in [0.25, 0.3) is 0 Å². The molecule has 1 atom stereocenters. The van der Waals surface area contributed by atoms with E-state index in [-0.39, 0.29) is 11.8 Å². The highest BCUT2D eigenvalue weighted by Crippen LogP contribution is 2.36. The lowest BCUT2D eigenvalue weighted by atomic mass is 10.0. The number of nitrogens with zero attached hydrogens (tertiary/aromatic N) is 1. The predicted molar refractivity (Wildman–Crippen MR) is 77.7 cm³/mol. The average Bonchev–Trinajstić information content (AvgIpc) is 3.28. The Morgan fingerprint density at radius 2 is 1.89 bits per heavy atom. The average molecular weight is 278 g/mol. The van der Waals surface area contributed by atoms with Gasteiger partial charge in [-0.05, 0) is 62.8 Å². The van der Waals surface area contributed by atoms with Gasteiger partial charge in [0.25, 0.3) is 0 Å². The fraction of sp³-hybridized carbons (Fsp3) is 0.562. The monoisotopic (exact) mass is 277 g/mol. The van der Waals surface area contributed by atoms with Crippen molar-refractivity contribution in [1.82, 2.24) is 4.90 Å². The lowest BCUT2D eigenvalue weighted by Crippen LogP contribution is -2.41. The maximum absolute atomic E-state index is 12.5. The molecule has 1 aromatic carbocycles. The maximum Gasteiger partial charge on any atom is 0.179 e. The van der Waals surface area contributed by atoms with Crippen molar-refractivity contribution in [3.8, 4) is 0 Å². The molecule has 2 saturated carbocycles. The first kappa shape index (κ1) is 13.1. The van der Waals surface area contributed by atoms with Crippen molar-refractivity contribution in [2.75, 3.05) is 6.54 Å². The number of benzene rings is 1. The van der Waals surface area contributed by atoms with E-state index in [1.165, 1.54) is 25.7 Å². The Balaban J connectivity index is 1.71. The maximum atomic E-state index is 12.5. The highest BCUT2D eigenvalue weighted by atomic mass is 35.5. The van der Waals surface area contributed by atoms with E-state index in [0.717, 1.165) is 18.0 Å². The van der Waals surface area contributed by atoms with Crippen molar-refractivity contribution < 1.29 is 4.79 Å². The molecule has 0 saturated heterocycles. The fourth-order valence-electron chi connectivity index (χ4n) is 2.63. The molecular weight excluding hydrogens is 258 g/mol. The van der Waals surface area contributed by atoms with Gasteiger partial charge in [-0.25, -0.2) is 0 Å². The molecule has 0 aromatic heterocycles. The highest BCUT2D eigenvalue weighted by Gasteiger charge is 2.38. The van der Waals surface area contributed by atoms with Crippen LogP contribution in [0, 0.1) is 5.92 Å². The van der Waals surface area contributed by atoms with Gasteiger partial charge in [0.1, 0.15) is 0 Å². The van der Waals surface area contributed by atoms with Crippen LogP contribution in [-0.2, 0) is 0 Å². The number of hydrogen-bond acceptors (Lipinski definition) is 2. The third kappa shape index (κ3) is 3.18. The summed E-state index contributed by atoms with van der Waals surface area (Å²) in [4.78, 5) is 15.0. The molecule has 19 heavy (non-hydrogen) atoms. The van der Waals surface area contributed by atoms with Gasteiger partial charge in [0.2, 0.25) is 0 Å². The van der Waals surface area contributed by atoms with E-state index in [9.17, 15) is 4.79 Å². The molecule has 0 heterocycles. The minimum Gasteiger partial charge on any atom is -0.292 e. The largest absolute Gasteiger partial charge is 0.292 e. The van der Waals surface area contributed by atoms with Gasteiger partial charge in [0.05, 0.1) is 6.04 Å². The summed E-state index contributed by atoms with van der Waals surface area (Å²) in [6, 6.07) is 7.90. The molecule has 0 aliphatic heterocycles. The number of carbonyl (C=O) groups is 1. The zero-order chi connectivity index (χ0) is 13.4. The fourth-order valence-corrected chi connectivity index (χ4v) is 2.76. The molecule has 1 unspecified atom stereocenters. The SMILES string of the molecule is CC(C(=O)c1ccc(Cl)cc1)N(CC1CC1)C1CC1. The summed E-state index contributed by atoms with van der Waals surface area (Å²) in [6.07, 6.45) is 5.19. The van der Waals surface area contributed by atoms with Gasteiger partial charge in [0, 0.05) is 23.2 Å². The molecule has 0 N–H and O–H groups in total. The van der Waals surface area contributed by atoms with Crippen LogP contribution in [0.2, 0.25) is 5.02 Å². The molecule has 2 nitrogen and oxygen atoms in total. The molecule has 2 fully saturated rings. The van der Waals surface area contributed by atoms with Crippen molar-refractivity contribution in [2.45, 2.75) is 44.7 Å². The van der Waals surface area contributed by atoms with Gasteiger partial charge in [0.15, 0.2) is 5.78 Å². The van der Waals surface area contributed by atoms with E-state index in [2.05, 4.69) is 11.8 Å². The number of Topliss-reactive ketones (excluding diaryl/α,β-unsaturated/α-hetero) is 1. The van der Waals surface area contributed by atoms with E-state index in [1.54, 1.807) is 12.1 Å². The molecule has 102 valence electrons. The summed E-state index contributed by atoms with van der Waals surface area (Å²) in [5, 5.41) is 0.682. The number of carbonyl (C=O) groups excluding carboxylic acids is 1. The molecule has 3 heteroatoms. The van der Waals surface area contributed by atoms with Gasteiger partial charge in [-0.15, -0.1) is 0 Å². The summed E-state index contributed by atoms with van der Waals surface area (Å²) >= 11 is 5.87. The number of hydrogen-bond donors (Lipinski definition) is 0. The van der Waals surface area contributed by atoms with Crippen LogP contribution in [-0.4, -0.2) is 29.3 Å². The van der Waals surface area contributed by atoms with E-state index in [1.807, 2.05) is 12.1 Å². The first-order valence-electron chi connectivity index (χ1n) is 7.20. The van der Waals surface area contributed by atoms with Gasteiger partial charge < -0.3 is 0 Å². The van der Waals surface area contributed by atoms with Crippen molar-refractivity contribution in [1.29, 1.82) is 0 Å². The van der Waals surface area contributed by atoms with E-state index in [4.69, 9.17) is 11.6 Å². The van der Waals surface area contributed by atoms with Crippen molar-refractivity contribution in [3.63, 3.8) is 0 Å². The molecule has 0 radical (unpaired) electrons. The van der Waals surface area contributed by atoms with Crippen LogP contribution in [0.15, 0.2) is 24.3 Å². The smallest absolute Gasteiger partial charge is 0.179 e. The van der Waals surface area contributed by atoms with Crippen LogP contribution in [0.1, 0.15) is 43.0 Å². The van der Waals surface area contributed by atoms with Gasteiger partial charge in [-0.1, -0.05) is 11.6 Å². The van der Waals surface area contributed by atoms with Gasteiger partial charge >= 0.3 is 0 Å². The summed E-state index contributed by atoms with van der Waals surface area (Å²) < 4.78 is 0. The lowest BCUT2D eigenvalue weighted by Gasteiger charge is -2.28. The van der Waals surface area contributed by atoms with Crippen molar-refractivity contribution in [3.05, 3.63) is 34.9 Å². The molecule has 0 amide bonds. The number of halogens is 1. The van der Waals surface area contributed by atoms with Crippen LogP contribution < -0.4 is 0 Å². The van der Waals surface area contributed by atoms with Crippen LogP contribution >= 0.6 is 11.6 Å². The zero-order valence-corrected chi connectivity index (χ0v) is 12.1. The third-order valence-corrected chi connectivity index (χ3v) is 4.44. The number of rotatable bonds is 6. The summed E-state index contributed by atoms with van der Waals surface area (Å²) in [6.45, 7) is 3.16. The first-order valence-corrected chi connectivity index (χ1v) is 7.58. The Hall–Kier alpha value is -0.860. The normalized spacial score (nSPS) is 20.6.